The lowest BCUT2D eigenvalue weighted by atomic mass is 10.1. The van der Waals surface area contributed by atoms with Crippen molar-refractivity contribution in [3.8, 4) is 0 Å². The minimum Gasteiger partial charge on any atom is -0.369 e. The predicted molar refractivity (Wildman–Crippen MR) is 134 cm³/mol. The molecule has 30 heavy (non-hydrogen) atoms. The molecule has 0 aromatic heterocycles. The highest BCUT2D eigenvalue weighted by atomic mass is 127. The second kappa shape index (κ2) is 12.1. The Labute approximate surface area is 196 Å². The molecule has 2 N–H and O–H groups in total. The number of para-hydroxylation sites is 1. The van der Waals surface area contributed by atoms with Crippen molar-refractivity contribution in [3.63, 3.8) is 0 Å². The Bertz CT molecular complexity index is 812. The number of hydrogen-bond acceptors (Lipinski definition) is 3. The highest BCUT2D eigenvalue weighted by Crippen LogP contribution is 2.19. The average Bonchev–Trinajstić information content (AvgIpc) is 3.17. The molecule has 0 amide bonds. The maximum absolute atomic E-state index is 14.0. The van der Waals surface area contributed by atoms with Gasteiger partial charge in [-0.25, -0.2) is 9.38 Å². The quantitative estimate of drug-likeness (QED) is 0.328. The molecule has 1 aliphatic rings. The zero-order chi connectivity index (χ0) is 20.6. The van der Waals surface area contributed by atoms with Crippen molar-refractivity contribution in [3.05, 3.63) is 65.5 Å². The molecule has 0 aliphatic carbocycles. The van der Waals surface area contributed by atoms with Crippen LogP contribution in [0.1, 0.15) is 24.5 Å². The first kappa shape index (κ1) is 24.4. The van der Waals surface area contributed by atoms with Gasteiger partial charge < -0.3 is 20.4 Å². The molecule has 5 nitrogen and oxygen atoms in total. The molecule has 1 saturated heterocycles. The number of benzene rings is 2. The van der Waals surface area contributed by atoms with Crippen molar-refractivity contribution in [2.45, 2.75) is 32.5 Å². The lowest BCUT2D eigenvalue weighted by Gasteiger charge is -2.20. The van der Waals surface area contributed by atoms with Crippen LogP contribution in [0.4, 0.5) is 10.1 Å². The number of halogens is 2. The van der Waals surface area contributed by atoms with Crippen LogP contribution < -0.4 is 15.5 Å². The largest absolute Gasteiger partial charge is 0.369 e. The molecule has 0 bridgehead atoms. The molecule has 0 radical (unpaired) electrons. The molecule has 2 aromatic carbocycles. The summed E-state index contributed by atoms with van der Waals surface area (Å²) in [5.41, 5.74) is 2.98. The van der Waals surface area contributed by atoms with Crippen LogP contribution in [-0.4, -0.2) is 50.6 Å². The first-order chi connectivity index (χ1) is 14.0. The maximum Gasteiger partial charge on any atom is 0.191 e. The van der Waals surface area contributed by atoms with Gasteiger partial charge in [0.15, 0.2) is 5.96 Å². The predicted octanol–water partition coefficient (Wildman–Crippen LogP) is 3.84. The van der Waals surface area contributed by atoms with E-state index in [1.807, 2.05) is 37.2 Å². The Morgan fingerprint density at radius 1 is 1.20 bits per heavy atom. The smallest absolute Gasteiger partial charge is 0.191 e. The summed E-state index contributed by atoms with van der Waals surface area (Å²) < 4.78 is 14.0. The molecule has 1 unspecified atom stereocenters. The first-order valence-electron chi connectivity index (χ1n) is 10.3. The minimum absolute atomic E-state index is 0. The Balaban J connectivity index is 0.00000320. The van der Waals surface area contributed by atoms with Crippen molar-refractivity contribution in [2.24, 2.45) is 4.99 Å². The van der Waals surface area contributed by atoms with Crippen molar-refractivity contribution >= 4 is 35.6 Å². The second-order valence-electron chi connectivity index (χ2n) is 7.77. The fraction of sp³-hybridized carbons (Fsp3) is 0.435. The number of nitrogens with zero attached hydrogens (tertiary/aromatic N) is 3. The van der Waals surface area contributed by atoms with E-state index in [4.69, 9.17) is 4.99 Å². The zero-order valence-electron chi connectivity index (χ0n) is 18.1. The molecule has 1 atom stereocenters. The fourth-order valence-electron chi connectivity index (χ4n) is 3.62. The van der Waals surface area contributed by atoms with Gasteiger partial charge in [-0.05, 0) is 57.3 Å². The highest BCUT2D eigenvalue weighted by molar-refractivity contribution is 14.0. The number of guanidine groups is 1. The lowest BCUT2D eigenvalue weighted by Crippen LogP contribution is -2.44. The van der Waals surface area contributed by atoms with E-state index < -0.39 is 0 Å². The van der Waals surface area contributed by atoms with Crippen LogP contribution in [0.25, 0.3) is 0 Å². The molecule has 2 aromatic rings. The van der Waals surface area contributed by atoms with E-state index in [1.54, 1.807) is 6.07 Å². The van der Waals surface area contributed by atoms with Gasteiger partial charge in [-0.15, -0.1) is 24.0 Å². The molecule has 164 valence electrons. The average molecular weight is 525 g/mol. The third-order valence-corrected chi connectivity index (χ3v) is 5.01. The summed E-state index contributed by atoms with van der Waals surface area (Å²) in [6, 6.07) is 16.1. The van der Waals surface area contributed by atoms with Gasteiger partial charge in [-0.2, -0.15) is 0 Å². The van der Waals surface area contributed by atoms with Gasteiger partial charge in [-0.1, -0.05) is 24.3 Å². The Hall–Kier alpha value is -1.87. The summed E-state index contributed by atoms with van der Waals surface area (Å²) in [6.07, 6.45) is 1.07. The van der Waals surface area contributed by atoms with Crippen LogP contribution in [0.3, 0.4) is 0 Å². The molecule has 7 heteroatoms. The van der Waals surface area contributed by atoms with Gasteiger partial charge in [0.05, 0.1) is 6.54 Å². The third-order valence-electron chi connectivity index (χ3n) is 5.01. The van der Waals surface area contributed by atoms with Crippen molar-refractivity contribution < 1.29 is 4.39 Å². The van der Waals surface area contributed by atoms with E-state index in [2.05, 4.69) is 46.7 Å². The fourth-order valence-corrected chi connectivity index (χ4v) is 3.62. The second-order valence-corrected chi connectivity index (χ2v) is 7.77. The molecule has 0 spiro atoms. The minimum atomic E-state index is -0.163. The molecular formula is C23H33FIN5. The third kappa shape index (κ3) is 7.12. The van der Waals surface area contributed by atoms with Crippen LogP contribution in [0.2, 0.25) is 0 Å². The lowest BCUT2D eigenvalue weighted by molar-refractivity contribution is 0.392. The summed E-state index contributed by atoms with van der Waals surface area (Å²) in [7, 11) is 3.88. The van der Waals surface area contributed by atoms with E-state index >= 15 is 0 Å². The number of hydrogen-bond donors (Lipinski definition) is 2. The van der Waals surface area contributed by atoms with Crippen LogP contribution in [0.15, 0.2) is 53.5 Å². The maximum atomic E-state index is 14.0. The highest BCUT2D eigenvalue weighted by Gasteiger charge is 2.23. The van der Waals surface area contributed by atoms with Gasteiger partial charge in [0, 0.05) is 43.5 Å². The number of rotatable bonds is 7. The number of aliphatic imine (C=N–C) groups is 1. The molecule has 1 aliphatic heterocycles. The first-order valence-corrected chi connectivity index (χ1v) is 10.3. The topological polar surface area (TPSA) is 42.9 Å². The zero-order valence-corrected chi connectivity index (χ0v) is 20.4. The van der Waals surface area contributed by atoms with Crippen LogP contribution in [0, 0.1) is 5.82 Å². The van der Waals surface area contributed by atoms with Crippen molar-refractivity contribution in [2.75, 3.05) is 38.6 Å². The standard InChI is InChI=1S/C23H32FN5.HI/c1-4-25-23(26-15-18-10-11-22(24)19(14-18)16-28(2)3)27-20-12-13-29(17-20)21-8-6-5-7-9-21;/h5-11,14,20H,4,12-13,15-17H2,1-3H3,(H2,25,26,27);1H. The number of anilines is 1. The normalized spacial score (nSPS) is 16.5. The molecule has 1 fully saturated rings. The van der Waals surface area contributed by atoms with Crippen molar-refractivity contribution in [1.82, 2.24) is 15.5 Å². The van der Waals surface area contributed by atoms with E-state index in [0.29, 0.717) is 24.7 Å². The Morgan fingerprint density at radius 3 is 2.67 bits per heavy atom. The molecular weight excluding hydrogens is 492 g/mol. The van der Waals surface area contributed by atoms with Gasteiger partial charge in [0.1, 0.15) is 5.82 Å². The summed E-state index contributed by atoms with van der Waals surface area (Å²) in [6.45, 7) is 5.96. The Morgan fingerprint density at radius 2 is 1.97 bits per heavy atom. The van der Waals surface area contributed by atoms with Gasteiger partial charge in [-0.3, -0.25) is 0 Å². The van der Waals surface area contributed by atoms with E-state index in [0.717, 1.165) is 37.6 Å². The molecule has 3 rings (SSSR count). The summed E-state index contributed by atoms with van der Waals surface area (Å²) in [5.74, 6) is 0.648. The van der Waals surface area contributed by atoms with Gasteiger partial charge in [0.25, 0.3) is 0 Å². The summed E-state index contributed by atoms with van der Waals surface area (Å²) >= 11 is 0. The summed E-state index contributed by atoms with van der Waals surface area (Å²) in [5, 5.41) is 6.89. The Kier molecular flexibility index (Phi) is 9.84. The summed E-state index contributed by atoms with van der Waals surface area (Å²) in [4.78, 5) is 9.10. The van der Waals surface area contributed by atoms with Crippen LogP contribution in [0.5, 0.6) is 0 Å². The van der Waals surface area contributed by atoms with Crippen LogP contribution in [-0.2, 0) is 13.1 Å². The van der Waals surface area contributed by atoms with E-state index in [1.165, 1.54) is 5.69 Å². The SMILES string of the molecule is CCNC(=NCc1ccc(F)c(CN(C)C)c1)NC1CCN(c2ccccc2)C1.I. The molecule has 0 saturated carbocycles. The van der Waals surface area contributed by atoms with Crippen LogP contribution >= 0.6 is 24.0 Å². The van der Waals surface area contributed by atoms with E-state index in [9.17, 15) is 4.39 Å². The van der Waals surface area contributed by atoms with E-state index in [-0.39, 0.29) is 29.8 Å². The van der Waals surface area contributed by atoms with Crippen molar-refractivity contribution in [1.29, 1.82) is 0 Å². The monoisotopic (exact) mass is 525 g/mol. The van der Waals surface area contributed by atoms with Gasteiger partial charge in [0.2, 0.25) is 0 Å². The number of nitrogens with one attached hydrogen (secondary N) is 2. The van der Waals surface area contributed by atoms with Gasteiger partial charge >= 0.3 is 0 Å². The molecule has 1 heterocycles.